The number of hydrogen-bond acceptors (Lipinski definition) is 2. The maximum Gasteiger partial charge on any atom is 0.0726 e. The molecule has 1 aromatic carbocycles. The number of benzene rings is 1. The van der Waals surface area contributed by atoms with Crippen molar-refractivity contribution in [2.24, 2.45) is 0 Å². The minimum absolute atomic E-state index is 0.275. The monoisotopic (exact) mass is 225 g/mol. The van der Waals surface area contributed by atoms with Crippen LogP contribution in [0.5, 0.6) is 0 Å². The SMILES string of the molecule is OC1C=C(c2ccc3ncccc3c2)CCC1. The van der Waals surface area contributed by atoms with E-state index >= 15 is 0 Å². The third-order valence-corrected chi connectivity index (χ3v) is 3.31. The van der Waals surface area contributed by atoms with Gasteiger partial charge in [-0.05, 0) is 48.6 Å². The van der Waals surface area contributed by atoms with E-state index < -0.39 is 0 Å². The number of aliphatic hydroxyl groups is 1. The first-order valence-electron chi connectivity index (χ1n) is 6.07. The third kappa shape index (κ3) is 2.08. The van der Waals surface area contributed by atoms with Crippen LogP contribution in [0.4, 0.5) is 0 Å². The Labute approximate surface area is 101 Å². The first kappa shape index (κ1) is 10.5. The van der Waals surface area contributed by atoms with E-state index in [-0.39, 0.29) is 6.10 Å². The summed E-state index contributed by atoms with van der Waals surface area (Å²) in [7, 11) is 0. The minimum atomic E-state index is -0.275. The van der Waals surface area contributed by atoms with Crippen molar-refractivity contribution in [3.63, 3.8) is 0 Å². The van der Waals surface area contributed by atoms with E-state index in [1.54, 1.807) is 0 Å². The van der Waals surface area contributed by atoms with Gasteiger partial charge in [0.15, 0.2) is 0 Å². The molecule has 3 rings (SSSR count). The predicted octanol–water partition coefficient (Wildman–Crippen LogP) is 3.16. The molecule has 1 aliphatic rings. The van der Waals surface area contributed by atoms with Gasteiger partial charge in [-0.15, -0.1) is 0 Å². The molecule has 0 spiro atoms. The van der Waals surface area contributed by atoms with Crippen molar-refractivity contribution < 1.29 is 5.11 Å². The van der Waals surface area contributed by atoms with Crippen LogP contribution < -0.4 is 0 Å². The average Bonchev–Trinajstić information content (AvgIpc) is 2.38. The number of hydrogen-bond donors (Lipinski definition) is 1. The number of aromatic nitrogens is 1. The fourth-order valence-corrected chi connectivity index (χ4v) is 2.42. The zero-order valence-corrected chi connectivity index (χ0v) is 9.63. The Morgan fingerprint density at radius 2 is 2.18 bits per heavy atom. The Kier molecular flexibility index (Phi) is 2.65. The fourth-order valence-electron chi connectivity index (χ4n) is 2.42. The molecular weight excluding hydrogens is 210 g/mol. The van der Waals surface area contributed by atoms with Gasteiger partial charge in [0.25, 0.3) is 0 Å². The molecular formula is C15H15NO. The molecule has 1 unspecified atom stereocenters. The molecule has 0 fully saturated rings. The quantitative estimate of drug-likeness (QED) is 0.808. The van der Waals surface area contributed by atoms with Crippen molar-refractivity contribution in [3.8, 4) is 0 Å². The summed E-state index contributed by atoms with van der Waals surface area (Å²) in [6, 6.07) is 10.3. The maximum atomic E-state index is 9.67. The molecule has 2 aromatic rings. The van der Waals surface area contributed by atoms with Crippen molar-refractivity contribution in [1.29, 1.82) is 0 Å². The summed E-state index contributed by atoms with van der Waals surface area (Å²) in [5.74, 6) is 0. The molecule has 17 heavy (non-hydrogen) atoms. The summed E-state index contributed by atoms with van der Waals surface area (Å²) in [6.45, 7) is 0. The largest absolute Gasteiger partial charge is 0.389 e. The molecule has 1 heterocycles. The number of nitrogens with zero attached hydrogens (tertiary/aromatic N) is 1. The van der Waals surface area contributed by atoms with Gasteiger partial charge >= 0.3 is 0 Å². The molecule has 0 aliphatic heterocycles. The van der Waals surface area contributed by atoms with Crippen molar-refractivity contribution in [2.45, 2.75) is 25.4 Å². The lowest BCUT2D eigenvalue weighted by Crippen LogP contribution is -2.08. The second-order valence-corrected chi connectivity index (χ2v) is 4.56. The van der Waals surface area contributed by atoms with Gasteiger partial charge in [-0.25, -0.2) is 0 Å². The van der Waals surface area contributed by atoms with E-state index in [4.69, 9.17) is 0 Å². The van der Waals surface area contributed by atoms with Crippen molar-refractivity contribution in [2.75, 3.05) is 0 Å². The van der Waals surface area contributed by atoms with Crippen LogP contribution in [0.1, 0.15) is 24.8 Å². The molecule has 1 aromatic heterocycles. The molecule has 2 nitrogen and oxygen atoms in total. The number of allylic oxidation sites excluding steroid dienone is 1. The van der Waals surface area contributed by atoms with E-state index in [0.29, 0.717) is 0 Å². The van der Waals surface area contributed by atoms with E-state index in [1.165, 1.54) is 11.1 Å². The number of pyridine rings is 1. The highest BCUT2D eigenvalue weighted by Gasteiger charge is 2.12. The van der Waals surface area contributed by atoms with E-state index in [1.807, 2.05) is 24.4 Å². The van der Waals surface area contributed by atoms with Gasteiger partial charge in [-0.3, -0.25) is 4.98 Å². The molecule has 0 bridgehead atoms. The smallest absolute Gasteiger partial charge is 0.0726 e. The second kappa shape index (κ2) is 4.30. The number of aliphatic hydroxyl groups excluding tert-OH is 1. The first-order valence-corrected chi connectivity index (χ1v) is 6.07. The molecule has 1 atom stereocenters. The molecule has 1 aliphatic carbocycles. The van der Waals surface area contributed by atoms with Gasteiger partial charge in [0.1, 0.15) is 0 Å². The van der Waals surface area contributed by atoms with Crippen LogP contribution in [0.25, 0.3) is 16.5 Å². The van der Waals surface area contributed by atoms with Crippen LogP contribution in [-0.2, 0) is 0 Å². The van der Waals surface area contributed by atoms with Gasteiger partial charge in [0, 0.05) is 11.6 Å². The average molecular weight is 225 g/mol. The topological polar surface area (TPSA) is 33.1 Å². The number of rotatable bonds is 1. The molecule has 0 radical (unpaired) electrons. The van der Waals surface area contributed by atoms with E-state index in [2.05, 4.69) is 23.2 Å². The van der Waals surface area contributed by atoms with Crippen molar-refractivity contribution in [1.82, 2.24) is 4.98 Å². The summed E-state index contributed by atoms with van der Waals surface area (Å²) in [5.41, 5.74) is 3.49. The Hall–Kier alpha value is -1.67. The number of fused-ring (bicyclic) bond motifs is 1. The van der Waals surface area contributed by atoms with E-state index in [0.717, 1.165) is 30.2 Å². The van der Waals surface area contributed by atoms with Crippen LogP contribution in [0, 0.1) is 0 Å². The second-order valence-electron chi connectivity index (χ2n) is 4.56. The summed E-state index contributed by atoms with van der Waals surface area (Å²) in [4.78, 5) is 4.31. The highest BCUT2D eigenvalue weighted by molar-refractivity contribution is 5.83. The first-order chi connectivity index (χ1) is 8.33. The summed E-state index contributed by atoms with van der Waals surface area (Å²) in [5, 5.41) is 10.8. The Bertz CT molecular complexity index is 574. The van der Waals surface area contributed by atoms with Crippen LogP contribution in [0.2, 0.25) is 0 Å². The van der Waals surface area contributed by atoms with Crippen LogP contribution in [0.15, 0.2) is 42.6 Å². The Morgan fingerprint density at radius 1 is 1.24 bits per heavy atom. The molecule has 1 N–H and O–H groups in total. The molecule has 2 heteroatoms. The van der Waals surface area contributed by atoms with Crippen molar-refractivity contribution >= 4 is 16.5 Å². The molecule has 86 valence electrons. The maximum absolute atomic E-state index is 9.67. The minimum Gasteiger partial charge on any atom is -0.389 e. The molecule has 0 amide bonds. The molecule has 0 saturated heterocycles. The molecule has 0 saturated carbocycles. The van der Waals surface area contributed by atoms with Crippen LogP contribution in [-0.4, -0.2) is 16.2 Å². The lowest BCUT2D eigenvalue weighted by molar-refractivity contribution is 0.206. The third-order valence-electron chi connectivity index (χ3n) is 3.31. The highest BCUT2D eigenvalue weighted by atomic mass is 16.3. The highest BCUT2D eigenvalue weighted by Crippen LogP contribution is 2.28. The summed E-state index contributed by atoms with van der Waals surface area (Å²) >= 11 is 0. The van der Waals surface area contributed by atoms with Crippen molar-refractivity contribution in [3.05, 3.63) is 48.2 Å². The Morgan fingerprint density at radius 3 is 3.06 bits per heavy atom. The standard InChI is InChI=1S/C15H15NO/c17-14-5-1-3-11(10-14)12-6-7-15-13(9-12)4-2-8-16-15/h2,4,6-10,14,17H,1,3,5H2. The summed E-state index contributed by atoms with van der Waals surface area (Å²) < 4.78 is 0. The fraction of sp³-hybridized carbons (Fsp3) is 0.267. The van der Waals surface area contributed by atoms with Crippen LogP contribution >= 0.6 is 0 Å². The van der Waals surface area contributed by atoms with Gasteiger partial charge < -0.3 is 5.11 Å². The zero-order chi connectivity index (χ0) is 11.7. The van der Waals surface area contributed by atoms with Gasteiger partial charge in [-0.2, -0.15) is 0 Å². The van der Waals surface area contributed by atoms with Gasteiger partial charge in [-0.1, -0.05) is 18.2 Å². The van der Waals surface area contributed by atoms with Crippen LogP contribution in [0.3, 0.4) is 0 Å². The lowest BCUT2D eigenvalue weighted by Gasteiger charge is -2.17. The van der Waals surface area contributed by atoms with Gasteiger partial charge in [0.2, 0.25) is 0 Å². The van der Waals surface area contributed by atoms with Gasteiger partial charge in [0.05, 0.1) is 11.6 Å². The normalized spacial score (nSPS) is 20.3. The predicted molar refractivity (Wildman–Crippen MR) is 69.6 cm³/mol. The Balaban J connectivity index is 2.06. The van der Waals surface area contributed by atoms with E-state index in [9.17, 15) is 5.11 Å². The lowest BCUT2D eigenvalue weighted by atomic mass is 9.91. The zero-order valence-electron chi connectivity index (χ0n) is 9.63. The summed E-state index contributed by atoms with van der Waals surface area (Å²) in [6.07, 6.45) is 6.54.